The molecule has 0 bridgehead atoms. The quantitative estimate of drug-likeness (QED) is 0.620. The van der Waals surface area contributed by atoms with Gasteiger partial charge in [0.2, 0.25) is 0 Å². The number of aromatic nitrogens is 3. The topological polar surface area (TPSA) is 96.4 Å². The van der Waals surface area contributed by atoms with Crippen LogP contribution in [0.4, 0.5) is 0 Å². The van der Waals surface area contributed by atoms with Crippen LogP contribution in [0.5, 0.6) is 0 Å². The second-order valence-corrected chi connectivity index (χ2v) is 3.07. The SMILES string of the molecule is NC(Cc1cn2[nH]ccc2n1)C(=O)O. The molecular formula is C8H10N4O2. The minimum absolute atomic E-state index is 0.241. The summed E-state index contributed by atoms with van der Waals surface area (Å²) in [6.07, 6.45) is 3.73. The Labute approximate surface area is 79.3 Å². The predicted molar refractivity (Wildman–Crippen MR) is 48.9 cm³/mol. The Morgan fingerprint density at radius 1 is 1.79 bits per heavy atom. The first kappa shape index (κ1) is 8.76. The fourth-order valence-corrected chi connectivity index (χ4v) is 1.27. The highest BCUT2D eigenvalue weighted by Crippen LogP contribution is 2.04. The normalized spacial score (nSPS) is 13.2. The van der Waals surface area contributed by atoms with Gasteiger partial charge in [0, 0.05) is 18.7 Å². The highest BCUT2D eigenvalue weighted by Gasteiger charge is 2.14. The van der Waals surface area contributed by atoms with E-state index in [0.29, 0.717) is 5.69 Å². The lowest BCUT2D eigenvalue weighted by atomic mass is 10.2. The fourth-order valence-electron chi connectivity index (χ4n) is 1.27. The Balaban J connectivity index is 2.19. The van der Waals surface area contributed by atoms with E-state index < -0.39 is 12.0 Å². The molecular weight excluding hydrogens is 184 g/mol. The molecule has 1 unspecified atom stereocenters. The van der Waals surface area contributed by atoms with Gasteiger partial charge >= 0.3 is 5.97 Å². The third kappa shape index (κ3) is 1.47. The van der Waals surface area contributed by atoms with Gasteiger partial charge in [-0.15, -0.1) is 0 Å². The van der Waals surface area contributed by atoms with Crippen molar-refractivity contribution in [1.82, 2.24) is 14.6 Å². The van der Waals surface area contributed by atoms with Crippen molar-refractivity contribution in [2.45, 2.75) is 12.5 Å². The van der Waals surface area contributed by atoms with Crippen molar-refractivity contribution in [2.24, 2.45) is 5.73 Å². The largest absolute Gasteiger partial charge is 0.480 e. The van der Waals surface area contributed by atoms with Crippen molar-refractivity contribution in [3.8, 4) is 0 Å². The Hall–Kier alpha value is -1.82. The molecule has 0 aromatic carbocycles. The van der Waals surface area contributed by atoms with Gasteiger partial charge in [-0.2, -0.15) is 0 Å². The Kier molecular flexibility index (Phi) is 1.97. The fraction of sp³-hybridized carbons (Fsp3) is 0.250. The number of carboxylic acid groups (broad SMARTS) is 1. The Bertz CT molecular complexity index is 430. The number of rotatable bonds is 3. The summed E-state index contributed by atoms with van der Waals surface area (Å²) in [5, 5.41) is 11.5. The first-order valence-corrected chi connectivity index (χ1v) is 4.16. The lowest BCUT2D eigenvalue weighted by molar-refractivity contribution is -0.138. The molecule has 2 aromatic rings. The number of nitrogens with one attached hydrogen (secondary N) is 1. The lowest BCUT2D eigenvalue weighted by Gasteiger charge is -2.01. The zero-order valence-corrected chi connectivity index (χ0v) is 7.34. The first-order chi connectivity index (χ1) is 6.66. The number of H-pyrrole nitrogens is 1. The van der Waals surface area contributed by atoms with Crippen LogP contribution in [0.2, 0.25) is 0 Å². The van der Waals surface area contributed by atoms with Crippen LogP contribution in [0.15, 0.2) is 18.5 Å². The van der Waals surface area contributed by atoms with E-state index >= 15 is 0 Å². The van der Waals surface area contributed by atoms with Gasteiger partial charge in [0.1, 0.15) is 6.04 Å². The maximum Gasteiger partial charge on any atom is 0.320 e. The van der Waals surface area contributed by atoms with Gasteiger partial charge in [0.05, 0.1) is 11.9 Å². The van der Waals surface area contributed by atoms with Gasteiger partial charge < -0.3 is 15.9 Å². The van der Waals surface area contributed by atoms with Crippen LogP contribution >= 0.6 is 0 Å². The van der Waals surface area contributed by atoms with Gasteiger partial charge in [-0.3, -0.25) is 4.79 Å². The molecule has 0 spiro atoms. The molecule has 14 heavy (non-hydrogen) atoms. The summed E-state index contributed by atoms with van der Waals surface area (Å²) in [5.74, 6) is -1.01. The Morgan fingerprint density at radius 2 is 2.57 bits per heavy atom. The third-order valence-corrected chi connectivity index (χ3v) is 1.98. The number of nitrogens with zero attached hydrogens (tertiary/aromatic N) is 2. The number of aliphatic carboxylic acids is 1. The van der Waals surface area contributed by atoms with Crippen LogP contribution in [0, 0.1) is 0 Å². The Morgan fingerprint density at radius 3 is 3.21 bits per heavy atom. The lowest BCUT2D eigenvalue weighted by Crippen LogP contribution is -2.32. The maximum atomic E-state index is 10.5. The third-order valence-electron chi connectivity index (χ3n) is 1.98. The van der Waals surface area contributed by atoms with Crippen LogP contribution < -0.4 is 5.73 Å². The van der Waals surface area contributed by atoms with Crippen LogP contribution in [-0.2, 0) is 11.2 Å². The molecule has 4 N–H and O–H groups in total. The molecule has 2 heterocycles. The molecule has 2 rings (SSSR count). The number of carboxylic acids is 1. The molecule has 74 valence electrons. The maximum absolute atomic E-state index is 10.5. The van der Waals surface area contributed by atoms with E-state index in [1.807, 2.05) is 0 Å². The van der Waals surface area contributed by atoms with E-state index in [2.05, 4.69) is 10.1 Å². The van der Waals surface area contributed by atoms with Crippen LogP contribution in [0.1, 0.15) is 5.69 Å². The highest BCUT2D eigenvalue weighted by atomic mass is 16.4. The van der Waals surface area contributed by atoms with E-state index in [4.69, 9.17) is 10.8 Å². The second kappa shape index (κ2) is 3.15. The summed E-state index contributed by atoms with van der Waals surface area (Å²) < 4.78 is 1.71. The molecule has 0 saturated carbocycles. The van der Waals surface area contributed by atoms with Crippen LogP contribution in [-0.4, -0.2) is 31.7 Å². The molecule has 0 aliphatic heterocycles. The number of hydrogen-bond donors (Lipinski definition) is 3. The molecule has 0 aliphatic carbocycles. The van der Waals surface area contributed by atoms with Gasteiger partial charge in [-0.1, -0.05) is 0 Å². The molecule has 0 fully saturated rings. The molecule has 0 amide bonds. The highest BCUT2D eigenvalue weighted by molar-refractivity contribution is 5.73. The van der Waals surface area contributed by atoms with Gasteiger partial charge in [0.25, 0.3) is 0 Å². The number of carbonyl (C=O) groups is 1. The first-order valence-electron chi connectivity index (χ1n) is 4.16. The number of fused-ring (bicyclic) bond motifs is 1. The summed E-state index contributed by atoms with van der Waals surface area (Å²) in [7, 11) is 0. The predicted octanol–water partition coefficient (Wildman–Crippen LogP) is -0.383. The monoisotopic (exact) mass is 194 g/mol. The average molecular weight is 194 g/mol. The zero-order valence-electron chi connectivity index (χ0n) is 7.34. The zero-order chi connectivity index (χ0) is 10.1. The van der Waals surface area contributed by atoms with E-state index in [9.17, 15) is 4.79 Å². The molecule has 2 aromatic heterocycles. The summed E-state index contributed by atoms with van der Waals surface area (Å²) in [6.45, 7) is 0. The number of aromatic amines is 1. The van der Waals surface area contributed by atoms with Crippen LogP contribution in [0.25, 0.3) is 5.65 Å². The standard InChI is InChI=1S/C8H10N4O2/c9-6(8(13)14)3-5-4-12-7(11-5)1-2-10-12/h1-2,4,6,10H,3,9H2,(H,13,14). The van der Waals surface area contributed by atoms with E-state index in [0.717, 1.165) is 5.65 Å². The molecule has 1 atom stereocenters. The average Bonchev–Trinajstić information content (AvgIpc) is 2.63. The van der Waals surface area contributed by atoms with E-state index in [1.54, 1.807) is 23.0 Å². The molecule has 0 radical (unpaired) electrons. The van der Waals surface area contributed by atoms with Gasteiger partial charge in [-0.25, -0.2) is 9.50 Å². The summed E-state index contributed by atoms with van der Waals surface area (Å²) in [4.78, 5) is 14.7. The number of hydrogen-bond acceptors (Lipinski definition) is 3. The molecule has 0 saturated heterocycles. The van der Waals surface area contributed by atoms with Crippen molar-refractivity contribution in [1.29, 1.82) is 0 Å². The molecule has 0 aliphatic rings. The van der Waals surface area contributed by atoms with E-state index in [-0.39, 0.29) is 6.42 Å². The van der Waals surface area contributed by atoms with Crippen molar-refractivity contribution in [3.63, 3.8) is 0 Å². The summed E-state index contributed by atoms with van der Waals surface area (Å²) in [6, 6.07) is 0.907. The van der Waals surface area contributed by atoms with E-state index in [1.165, 1.54) is 0 Å². The minimum Gasteiger partial charge on any atom is -0.480 e. The van der Waals surface area contributed by atoms with Crippen LogP contribution in [0.3, 0.4) is 0 Å². The second-order valence-electron chi connectivity index (χ2n) is 3.07. The van der Waals surface area contributed by atoms with Gasteiger partial charge in [-0.05, 0) is 0 Å². The van der Waals surface area contributed by atoms with Crippen molar-refractivity contribution < 1.29 is 9.90 Å². The van der Waals surface area contributed by atoms with Gasteiger partial charge in [0.15, 0.2) is 5.65 Å². The number of nitrogens with two attached hydrogens (primary N) is 1. The number of imidazole rings is 1. The minimum atomic E-state index is -1.01. The van der Waals surface area contributed by atoms with Crippen molar-refractivity contribution in [2.75, 3.05) is 0 Å². The molecule has 6 heteroatoms. The van der Waals surface area contributed by atoms with Crippen molar-refractivity contribution >= 4 is 11.6 Å². The summed E-state index contributed by atoms with van der Waals surface area (Å²) in [5.41, 5.74) is 6.81. The smallest absolute Gasteiger partial charge is 0.320 e. The van der Waals surface area contributed by atoms with Crippen molar-refractivity contribution in [3.05, 3.63) is 24.2 Å². The molecule has 6 nitrogen and oxygen atoms in total. The summed E-state index contributed by atoms with van der Waals surface area (Å²) >= 11 is 0.